The van der Waals surface area contributed by atoms with Crippen LogP contribution in [0.3, 0.4) is 0 Å². The molecule has 2 aromatic rings. The lowest BCUT2D eigenvalue weighted by Gasteiger charge is -2.35. The SMILES string of the molecule is Cc1ccc(NC(=S)N2CCN(S(=O)(=O)c3ccc(Cl)cc3)CC2)c(C)c1. The van der Waals surface area contributed by atoms with Gasteiger partial charge in [0.25, 0.3) is 0 Å². The van der Waals surface area contributed by atoms with Gasteiger partial charge in [0, 0.05) is 36.9 Å². The molecule has 1 aliphatic rings. The van der Waals surface area contributed by atoms with E-state index in [1.807, 2.05) is 24.0 Å². The summed E-state index contributed by atoms with van der Waals surface area (Å²) in [6.07, 6.45) is 0. The first-order valence-electron chi connectivity index (χ1n) is 8.66. The lowest BCUT2D eigenvalue weighted by Crippen LogP contribution is -2.51. The maximum Gasteiger partial charge on any atom is 0.243 e. The molecule has 1 aliphatic heterocycles. The Morgan fingerprint density at radius 2 is 1.67 bits per heavy atom. The van der Waals surface area contributed by atoms with Crippen LogP contribution in [0.15, 0.2) is 47.4 Å². The van der Waals surface area contributed by atoms with E-state index in [-0.39, 0.29) is 4.90 Å². The number of hydrogen-bond acceptors (Lipinski definition) is 3. The third-order valence-electron chi connectivity index (χ3n) is 4.60. The maximum atomic E-state index is 12.8. The molecule has 0 bridgehead atoms. The quantitative estimate of drug-likeness (QED) is 0.763. The van der Waals surface area contributed by atoms with E-state index in [9.17, 15) is 8.42 Å². The van der Waals surface area contributed by atoms with Gasteiger partial charge in [0.05, 0.1) is 4.90 Å². The molecule has 0 atom stereocenters. The van der Waals surface area contributed by atoms with Crippen molar-refractivity contribution in [1.82, 2.24) is 9.21 Å². The van der Waals surface area contributed by atoms with Gasteiger partial charge in [0.1, 0.15) is 0 Å². The molecule has 0 aliphatic carbocycles. The van der Waals surface area contributed by atoms with Crippen molar-refractivity contribution in [3.8, 4) is 0 Å². The highest BCUT2D eigenvalue weighted by molar-refractivity contribution is 7.89. The van der Waals surface area contributed by atoms with Gasteiger partial charge in [-0.2, -0.15) is 4.31 Å². The van der Waals surface area contributed by atoms with Crippen LogP contribution in [0.1, 0.15) is 11.1 Å². The third kappa shape index (κ3) is 4.60. The van der Waals surface area contributed by atoms with Gasteiger partial charge in [0.15, 0.2) is 5.11 Å². The summed E-state index contributed by atoms with van der Waals surface area (Å²) in [5.74, 6) is 0. The number of thiocarbonyl (C=S) groups is 1. The highest BCUT2D eigenvalue weighted by Crippen LogP contribution is 2.21. The standard InChI is InChI=1S/C19H22ClN3O2S2/c1-14-3-8-18(15(2)13-14)21-19(26)22-9-11-23(12-10-22)27(24,25)17-6-4-16(20)5-7-17/h3-8,13H,9-12H2,1-2H3,(H,21,26). The van der Waals surface area contributed by atoms with Crippen LogP contribution in [-0.2, 0) is 10.0 Å². The van der Waals surface area contributed by atoms with E-state index in [0.717, 1.165) is 11.3 Å². The number of rotatable bonds is 3. The number of piperazine rings is 1. The summed E-state index contributed by atoms with van der Waals surface area (Å²) < 4.78 is 27.0. The Hall–Kier alpha value is -1.67. The molecule has 0 spiro atoms. The Morgan fingerprint density at radius 3 is 2.26 bits per heavy atom. The summed E-state index contributed by atoms with van der Waals surface area (Å²) in [7, 11) is -3.51. The van der Waals surface area contributed by atoms with Crippen molar-refractivity contribution in [1.29, 1.82) is 0 Å². The van der Waals surface area contributed by atoms with Crippen LogP contribution in [0.4, 0.5) is 5.69 Å². The first kappa shape index (κ1) is 20.1. The number of halogens is 1. The predicted octanol–water partition coefficient (Wildman–Crippen LogP) is 3.66. The van der Waals surface area contributed by atoms with Crippen molar-refractivity contribution in [3.05, 3.63) is 58.6 Å². The molecule has 1 fully saturated rings. The minimum absolute atomic E-state index is 0.260. The molecule has 0 radical (unpaired) electrons. The average molecular weight is 424 g/mol. The summed E-state index contributed by atoms with van der Waals surface area (Å²) in [5.41, 5.74) is 3.30. The lowest BCUT2D eigenvalue weighted by atomic mass is 10.1. The number of nitrogens with zero attached hydrogens (tertiary/aromatic N) is 2. The van der Waals surface area contributed by atoms with E-state index < -0.39 is 10.0 Å². The molecule has 0 aromatic heterocycles. The van der Waals surface area contributed by atoms with Gasteiger partial charge in [-0.3, -0.25) is 0 Å². The minimum atomic E-state index is -3.51. The van der Waals surface area contributed by atoms with E-state index in [1.54, 1.807) is 12.1 Å². The zero-order valence-electron chi connectivity index (χ0n) is 15.3. The first-order valence-corrected chi connectivity index (χ1v) is 10.9. The van der Waals surface area contributed by atoms with Crippen LogP contribution in [0.2, 0.25) is 5.02 Å². The van der Waals surface area contributed by atoms with E-state index in [1.165, 1.54) is 22.0 Å². The minimum Gasteiger partial charge on any atom is -0.346 e. The molecule has 27 heavy (non-hydrogen) atoms. The summed E-state index contributed by atoms with van der Waals surface area (Å²) in [4.78, 5) is 2.26. The van der Waals surface area contributed by atoms with Crippen molar-refractivity contribution in [2.24, 2.45) is 0 Å². The Kier molecular flexibility index (Phi) is 6.05. The van der Waals surface area contributed by atoms with Gasteiger partial charge >= 0.3 is 0 Å². The number of hydrogen-bond donors (Lipinski definition) is 1. The van der Waals surface area contributed by atoms with Gasteiger partial charge in [-0.1, -0.05) is 29.3 Å². The molecule has 1 heterocycles. The highest BCUT2D eigenvalue weighted by atomic mass is 35.5. The molecule has 1 N–H and O–H groups in total. The highest BCUT2D eigenvalue weighted by Gasteiger charge is 2.29. The normalized spacial score (nSPS) is 15.6. The number of anilines is 1. The third-order valence-corrected chi connectivity index (χ3v) is 7.13. The summed E-state index contributed by atoms with van der Waals surface area (Å²) >= 11 is 11.4. The molecule has 8 heteroatoms. The molecule has 144 valence electrons. The Balaban J connectivity index is 1.62. The molecule has 0 saturated carbocycles. The van der Waals surface area contributed by atoms with Gasteiger partial charge in [-0.25, -0.2) is 8.42 Å². The largest absolute Gasteiger partial charge is 0.346 e. The summed E-state index contributed by atoms with van der Waals surface area (Å²) in [6.45, 7) is 5.95. The van der Waals surface area contributed by atoms with Gasteiger partial charge in [-0.05, 0) is 62.0 Å². The van der Waals surface area contributed by atoms with Crippen LogP contribution in [0.25, 0.3) is 0 Å². The Bertz CT molecular complexity index is 938. The number of benzene rings is 2. The molecule has 0 unspecified atom stereocenters. The van der Waals surface area contributed by atoms with E-state index in [0.29, 0.717) is 36.3 Å². The number of sulfonamides is 1. The Morgan fingerprint density at radius 1 is 1.04 bits per heavy atom. The van der Waals surface area contributed by atoms with Crippen LogP contribution in [-0.4, -0.2) is 48.9 Å². The first-order chi connectivity index (χ1) is 12.8. The molecule has 2 aromatic carbocycles. The topological polar surface area (TPSA) is 52.6 Å². The number of nitrogens with one attached hydrogen (secondary N) is 1. The van der Waals surface area contributed by atoms with Gasteiger partial charge in [0.2, 0.25) is 10.0 Å². The van der Waals surface area contributed by atoms with Crippen molar-refractivity contribution in [2.75, 3.05) is 31.5 Å². The zero-order chi connectivity index (χ0) is 19.6. The summed E-state index contributed by atoms with van der Waals surface area (Å²) in [6, 6.07) is 12.4. The van der Waals surface area contributed by atoms with Crippen molar-refractivity contribution in [2.45, 2.75) is 18.7 Å². The molecular formula is C19H22ClN3O2S2. The Labute approximate surface area is 171 Å². The molecule has 0 amide bonds. The van der Waals surface area contributed by atoms with Crippen LogP contribution >= 0.6 is 23.8 Å². The van der Waals surface area contributed by atoms with Crippen LogP contribution < -0.4 is 5.32 Å². The molecule has 1 saturated heterocycles. The smallest absolute Gasteiger partial charge is 0.243 e. The van der Waals surface area contributed by atoms with Crippen LogP contribution in [0.5, 0.6) is 0 Å². The molecule has 5 nitrogen and oxygen atoms in total. The predicted molar refractivity (Wildman–Crippen MR) is 114 cm³/mol. The van der Waals surface area contributed by atoms with Crippen LogP contribution in [0, 0.1) is 13.8 Å². The fourth-order valence-corrected chi connectivity index (χ4v) is 4.88. The monoisotopic (exact) mass is 423 g/mol. The molecular weight excluding hydrogens is 402 g/mol. The van der Waals surface area contributed by atoms with Crippen molar-refractivity contribution >= 4 is 44.6 Å². The second kappa shape index (κ2) is 8.14. The second-order valence-corrected chi connectivity index (χ2v) is 9.35. The van der Waals surface area contributed by atoms with Gasteiger partial charge in [-0.15, -0.1) is 0 Å². The van der Waals surface area contributed by atoms with Gasteiger partial charge < -0.3 is 10.2 Å². The van der Waals surface area contributed by atoms with E-state index in [4.69, 9.17) is 23.8 Å². The van der Waals surface area contributed by atoms with E-state index in [2.05, 4.69) is 18.3 Å². The van der Waals surface area contributed by atoms with E-state index >= 15 is 0 Å². The fourth-order valence-electron chi connectivity index (χ4n) is 3.04. The average Bonchev–Trinajstić information content (AvgIpc) is 2.64. The maximum absolute atomic E-state index is 12.8. The fraction of sp³-hybridized carbons (Fsp3) is 0.316. The van der Waals surface area contributed by atoms with Crippen molar-refractivity contribution < 1.29 is 8.42 Å². The lowest BCUT2D eigenvalue weighted by molar-refractivity contribution is 0.268. The van der Waals surface area contributed by atoms with Crippen molar-refractivity contribution in [3.63, 3.8) is 0 Å². The second-order valence-electron chi connectivity index (χ2n) is 6.59. The number of aryl methyl sites for hydroxylation is 2. The summed E-state index contributed by atoms with van der Waals surface area (Å²) in [5, 5.41) is 4.40. The zero-order valence-corrected chi connectivity index (χ0v) is 17.7. The molecule has 3 rings (SSSR count).